The summed E-state index contributed by atoms with van der Waals surface area (Å²) in [7, 11) is 0. The molecule has 5 nitrogen and oxygen atoms in total. The van der Waals surface area contributed by atoms with E-state index in [4.69, 9.17) is 16.7 Å². The second-order valence-corrected chi connectivity index (χ2v) is 6.41. The van der Waals surface area contributed by atoms with Crippen molar-refractivity contribution in [1.82, 2.24) is 15.1 Å². The number of nitrogens with one attached hydrogen (secondary N) is 1. The smallest absolute Gasteiger partial charge is 0.254 e. The first-order valence-electron chi connectivity index (χ1n) is 7.88. The molecule has 1 saturated carbocycles. The van der Waals surface area contributed by atoms with E-state index in [-0.39, 0.29) is 18.6 Å². The van der Waals surface area contributed by atoms with Crippen LogP contribution < -0.4 is 5.32 Å². The molecule has 1 aromatic carbocycles. The maximum Gasteiger partial charge on any atom is 0.254 e. The van der Waals surface area contributed by atoms with Gasteiger partial charge < -0.3 is 10.4 Å². The maximum absolute atomic E-state index is 12.3. The largest absolute Gasteiger partial charge is 0.396 e. The quantitative estimate of drug-likeness (QED) is 0.904. The molecule has 2 aromatic rings. The third-order valence-corrected chi connectivity index (χ3v) is 4.70. The van der Waals surface area contributed by atoms with Crippen molar-refractivity contribution in [3.8, 4) is 5.69 Å². The van der Waals surface area contributed by atoms with Crippen molar-refractivity contribution in [3.05, 3.63) is 47.2 Å². The summed E-state index contributed by atoms with van der Waals surface area (Å²) in [6, 6.07) is 7.55. The van der Waals surface area contributed by atoms with Gasteiger partial charge in [0.2, 0.25) is 0 Å². The van der Waals surface area contributed by atoms with Crippen molar-refractivity contribution in [3.63, 3.8) is 0 Å². The van der Waals surface area contributed by atoms with Crippen molar-refractivity contribution in [2.45, 2.75) is 31.7 Å². The molecule has 0 spiro atoms. The van der Waals surface area contributed by atoms with E-state index in [1.165, 1.54) is 0 Å². The Morgan fingerprint density at radius 3 is 2.74 bits per heavy atom. The summed E-state index contributed by atoms with van der Waals surface area (Å²) in [5.74, 6) is 0.266. The van der Waals surface area contributed by atoms with Crippen LogP contribution in [0.2, 0.25) is 5.02 Å². The summed E-state index contributed by atoms with van der Waals surface area (Å²) in [6.45, 7) is 0.241. The van der Waals surface area contributed by atoms with Crippen LogP contribution in [0.1, 0.15) is 36.0 Å². The van der Waals surface area contributed by atoms with Gasteiger partial charge in [0.1, 0.15) is 0 Å². The zero-order chi connectivity index (χ0) is 16.2. The molecule has 1 aromatic heterocycles. The van der Waals surface area contributed by atoms with E-state index >= 15 is 0 Å². The molecule has 1 heterocycles. The van der Waals surface area contributed by atoms with E-state index in [1.54, 1.807) is 23.1 Å². The van der Waals surface area contributed by atoms with Crippen LogP contribution in [0.25, 0.3) is 5.69 Å². The van der Waals surface area contributed by atoms with Gasteiger partial charge in [0.05, 0.1) is 22.5 Å². The molecule has 122 valence electrons. The predicted octanol–water partition coefficient (Wildman–Crippen LogP) is 2.81. The first kappa shape index (κ1) is 16.0. The van der Waals surface area contributed by atoms with Crippen molar-refractivity contribution < 1.29 is 9.90 Å². The Labute approximate surface area is 140 Å². The topological polar surface area (TPSA) is 67.2 Å². The highest BCUT2D eigenvalue weighted by Gasteiger charge is 2.22. The van der Waals surface area contributed by atoms with Gasteiger partial charge in [0, 0.05) is 18.8 Å². The molecule has 0 unspecified atom stereocenters. The van der Waals surface area contributed by atoms with Gasteiger partial charge in [-0.15, -0.1) is 0 Å². The highest BCUT2D eigenvalue weighted by atomic mass is 35.5. The van der Waals surface area contributed by atoms with Gasteiger partial charge in [-0.1, -0.05) is 23.7 Å². The van der Waals surface area contributed by atoms with E-state index in [0.29, 0.717) is 16.5 Å². The van der Waals surface area contributed by atoms with Crippen molar-refractivity contribution >= 4 is 17.5 Å². The van der Waals surface area contributed by atoms with Crippen LogP contribution >= 0.6 is 11.6 Å². The number of aliphatic hydroxyl groups is 1. The zero-order valence-corrected chi connectivity index (χ0v) is 13.5. The normalized spacial score (nSPS) is 21.1. The highest BCUT2D eigenvalue weighted by Crippen LogP contribution is 2.24. The fraction of sp³-hybridized carbons (Fsp3) is 0.412. The standard InChI is InChI=1S/C17H20ClN3O2/c18-15-3-1-2-4-16(15)21-10-13(9-19-21)17(23)20-14-7-5-12(11-22)6-8-14/h1-4,9-10,12,14,22H,5-8,11H2,(H,20,23). The van der Waals surface area contributed by atoms with Crippen LogP contribution in [-0.4, -0.2) is 33.4 Å². The predicted molar refractivity (Wildman–Crippen MR) is 88.9 cm³/mol. The Morgan fingerprint density at radius 1 is 1.30 bits per heavy atom. The minimum Gasteiger partial charge on any atom is -0.396 e. The van der Waals surface area contributed by atoms with E-state index in [9.17, 15) is 4.79 Å². The number of aliphatic hydroxyl groups excluding tert-OH is 1. The number of carbonyl (C=O) groups excluding carboxylic acids is 1. The molecule has 0 aliphatic heterocycles. The number of amides is 1. The van der Waals surface area contributed by atoms with Gasteiger partial charge in [-0.2, -0.15) is 5.10 Å². The summed E-state index contributed by atoms with van der Waals surface area (Å²) in [6.07, 6.45) is 6.99. The average molecular weight is 334 g/mol. The molecule has 1 fully saturated rings. The van der Waals surface area contributed by atoms with Crippen LogP contribution in [0, 0.1) is 5.92 Å². The number of hydrogen-bond acceptors (Lipinski definition) is 3. The molecule has 23 heavy (non-hydrogen) atoms. The van der Waals surface area contributed by atoms with Gasteiger partial charge >= 0.3 is 0 Å². The van der Waals surface area contributed by atoms with Crippen molar-refractivity contribution in [1.29, 1.82) is 0 Å². The maximum atomic E-state index is 12.3. The number of nitrogens with zero attached hydrogens (tertiary/aromatic N) is 2. The third kappa shape index (κ3) is 3.74. The first-order valence-corrected chi connectivity index (χ1v) is 8.26. The Balaban J connectivity index is 1.64. The van der Waals surface area contributed by atoms with Crippen molar-refractivity contribution in [2.24, 2.45) is 5.92 Å². The number of carbonyl (C=O) groups is 1. The SMILES string of the molecule is O=C(NC1CCC(CO)CC1)c1cnn(-c2ccccc2Cl)c1. The molecule has 0 saturated heterocycles. The molecule has 6 heteroatoms. The van der Waals surface area contributed by atoms with Crippen LogP contribution in [0.15, 0.2) is 36.7 Å². The van der Waals surface area contributed by atoms with E-state index in [1.807, 2.05) is 18.2 Å². The molecule has 1 aliphatic rings. The molecule has 1 amide bonds. The number of rotatable bonds is 4. The molecule has 0 atom stereocenters. The minimum atomic E-state index is -0.115. The van der Waals surface area contributed by atoms with Crippen LogP contribution in [-0.2, 0) is 0 Å². The van der Waals surface area contributed by atoms with Crippen LogP contribution in [0.5, 0.6) is 0 Å². The molecule has 3 rings (SSSR count). The van der Waals surface area contributed by atoms with Gasteiger partial charge in [-0.25, -0.2) is 4.68 Å². The summed E-state index contributed by atoms with van der Waals surface area (Å²) in [5, 5.41) is 17.0. The number of aromatic nitrogens is 2. The second-order valence-electron chi connectivity index (χ2n) is 6.00. The summed E-state index contributed by atoms with van der Waals surface area (Å²) in [4.78, 5) is 12.3. The van der Waals surface area contributed by atoms with Crippen molar-refractivity contribution in [2.75, 3.05) is 6.61 Å². The Bertz CT molecular complexity index is 678. The lowest BCUT2D eigenvalue weighted by atomic mass is 9.86. The summed E-state index contributed by atoms with van der Waals surface area (Å²) < 4.78 is 1.61. The fourth-order valence-electron chi connectivity index (χ4n) is 2.97. The lowest BCUT2D eigenvalue weighted by molar-refractivity contribution is 0.0914. The lowest BCUT2D eigenvalue weighted by Gasteiger charge is -2.27. The fourth-order valence-corrected chi connectivity index (χ4v) is 3.19. The number of benzene rings is 1. The lowest BCUT2D eigenvalue weighted by Crippen LogP contribution is -2.37. The average Bonchev–Trinajstić information content (AvgIpc) is 3.06. The first-order chi connectivity index (χ1) is 11.2. The molecule has 2 N–H and O–H groups in total. The van der Waals surface area contributed by atoms with Crippen LogP contribution in [0.4, 0.5) is 0 Å². The number of halogens is 1. The molecule has 0 bridgehead atoms. The van der Waals surface area contributed by atoms with Gasteiger partial charge in [0.15, 0.2) is 0 Å². The Kier molecular flexibility index (Phi) is 4.98. The molecular weight excluding hydrogens is 314 g/mol. The monoisotopic (exact) mass is 333 g/mol. The van der Waals surface area contributed by atoms with E-state index < -0.39 is 0 Å². The number of para-hydroxylation sites is 1. The van der Waals surface area contributed by atoms with Gasteiger partial charge in [-0.05, 0) is 43.7 Å². The summed E-state index contributed by atoms with van der Waals surface area (Å²) in [5.41, 5.74) is 1.27. The Morgan fingerprint density at radius 2 is 2.04 bits per heavy atom. The van der Waals surface area contributed by atoms with Gasteiger partial charge in [0.25, 0.3) is 5.91 Å². The molecule has 1 aliphatic carbocycles. The van der Waals surface area contributed by atoms with Crippen LogP contribution in [0.3, 0.4) is 0 Å². The minimum absolute atomic E-state index is 0.115. The summed E-state index contributed by atoms with van der Waals surface area (Å²) >= 11 is 6.15. The second kappa shape index (κ2) is 7.15. The third-order valence-electron chi connectivity index (χ3n) is 4.38. The van der Waals surface area contributed by atoms with E-state index in [2.05, 4.69) is 10.4 Å². The molecular formula is C17H20ClN3O2. The van der Waals surface area contributed by atoms with E-state index in [0.717, 1.165) is 31.4 Å². The van der Waals surface area contributed by atoms with Gasteiger partial charge in [-0.3, -0.25) is 4.79 Å². The zero-order valence-electron chi connectivity index (χ0n) is 12.8. The highest BCUT2D eigenvalue weighted by molar-refractivity contribution is 6.32. The Hall–Kier alpha value is -1.85. The number of hydrogen-bond donors (Lipinski definition) is 2. The molecule has 0 radical (unpaired) electrons.